The quantitative estimate of drug-likeness (QED) is 0.488. The molecule has 3 nitrogen and oxygen atoms in total. The van der Waals surface area contributed by atoms with Gasteiger partial charge in [0.25, 0.3) is 0 Å². The Morgan fingerprint density at radius 1 is 1.46 bits per heavy atom. The smallest absolute Gasteiger partial charge is 0.298 e. The van der Waals surface area contributed by atoms with Crippen molar-refractivity contribution in [3.63, 3.8) is 0 Å². The second-order valence-electron chi connectivity index (χ2n) is 3.75. The van der Waals surface area contributed by atoms with Crippen molar-refractivity contribution in [1.82, 2.24) is 0 Å². The average molecular weight is 186 g/mol. The van der Waals surface area contributed by atoms with Crippen molar-refractivity contribution >= 4 is 5.97 Å². The summed E-state index contributed by atoms with van der Waals surface area (Å²) in [7, 11) is 0. The van der Waals surface area contributed by atoms with E-state index < -0.39 is 0 Å². The number of carbonyl (C=O) groups is 1. The van der Waals surface area contributed by atoms with E-state index in [1.807, 2.05) is 6.92 Å². The summed E-state index contributed by atoms with van der Waals surface area (Å²) >= 11 is 0. The van der Waals surface area contributed by atoms with Gasteiger partial charge in [-0.15, -0.1) is 0 Å². The van der Waals surface area contributed by atoms with Crippen LogP contribution in [0.3, 0.4) is 0 Å². The summed E-state index contributed by atoms with van der Waals surface area (Å²) in [6.45, 7) is 6.26. The zero-order valence-electron chi connectivity index (χ0n) is 8.63. The first-order valence-corrected chi connectivity index (χ1v) is 4.99. The van der Waals surface area contributed by atoms with E-state index in [4.69, 9.17) is 0 Å². The Bertz CT molecular complexity index is 185. The minimum absolute atomic E-state index is 0.0240. The third kappa shape index (κ3) is 2.21. The minimum Gasteiger partial charge on any atom is -0.298 e. The third-order valence-corrected chi connectivity index (χ3v) is 3.13. The fourth-order valence-electron chi connectivity index (χ4n) is 1.69. The summed E-state index contributed by atoms with van der Waals surface area (Å²) in [6.07, 6.45) is 3.34. The molecule has 0 aliphatic heterocycles. The molecule has 0 spiro atoms. The number of hydrogen-bond donors (Lipinski definition) is 0. The Labute approximate surface area is 79.3 Å². The number of rotatable bonds is 5. The molecule has 0 bridgehead atoms. The molecule has 0 radical (unpaired) electrons. The van der Waals surface area contributed by atoms with E-state index in [1.54, 1.807) is 6.92 Å². The maximum Gasteiger partial charge on any atom is 0.345 e. The molecule has 0 amide bonds. The second-order valence-corrected chi connectivity index (χ2v) is 3.75. The van der Waals surface area contributed by atoms with Gasteiger partial charge in [0.2, 0.25) is 0 Å². The van der Waals surface area contributed by atoms with E-state index in [9.17, 15) is 4.79 Å². The van der Waals surface area contributed by atoms with E-state index >= 15 is 0 Å². The molecule has 0 aromatic heterocycles. The lowest BCUT2D eigenvalue weighted by atomic mass is 9.88. The summed E-state index contributed by atoms with van der Waals surface area (Å²) in [5.74, 6) is -0.245. The van der Waals surface area contributed by atoms with Crippen LogP contribution >= 0.6 is 0 Å². The molecule has 1 saturated carbocycles. The van der Waals surface area contributed by atoms with Gasteiger partial charge >= 0.3 is 5.97 Å². The fourth-order valence-corrected chi connectivity index (χ4v) is 1.69. The Morgan fingerprint density at radius 2 is 2.08 bits per heavy atom. The molecule has 0 N–H and O–H groups in total. The highest BCUT2D eigenvalue weighted by molar-refractivity contribution is 5.73. The van der Waals surface area contributed by atoms with Crippen LogP contribution in [0.4, 0.5) is 0 Å². The van der Waals surface area contributed by atoms with Crippen molar-refractivity contribution in [2.24, 2.45) is 11.3 Å². The Kier molecular flexibility index (Phi) is 3.31. The molecule has 0 heterocycles. The van der Waals surface area contributed by atoms with Gasteiger partial charge in [-0.3, -0.25) is 4.89 Å². The van der Waals surface area contributed by atoms with Gasteiger partial charge in [0, 0.05) is 0 Å². The maximum absolute atomic E-state index is 11.4. The van der Waals surface area contributed by atoms with Gasteiger partial charge in [0.05, 0.1) is 12.5 Å². The first-order valence-electron chi connectivity index (χ1n) is 4.99. The predicted molar refractivity (Wildman–Crippen MR) is 48.8 cm³/mol. The van der Waals surface area contributed by atoms with Gasteiger partial charge in [0.15, 0.2) is 0 Å². The first-order chi connectivity index (χ1) is 6.16. The van der Waals surface area contributed by atoms with E-state index in [2.05, 4.69) is 16.7 Å². The van der Waals surface area contributed by atoms with Crippen LogP contribution in [0.1, 0.15) is 40.0 Å². The topological polar surface area (TPSA) is 35.5 Å². The highest BCUT2D eigenvalue weighted by atomic mass is 17.2. The molecule has 1 atom stereocenters. The van der Waals surface area contributed by atoms with E-state index in [0.717, 1.165) is 19.3 Å². The van der Waals surface area contributed by atoms with Gasteiger partial charge < -0.3 is 0 Å². The third-order valence-electron chi connectivity index (χ3n) is 3.13. The molecular weight excluding hydrogens is 168 g/mol. The van der Waals surface area contributed by atoms with Crippen LogP contribution in [0.25, 0.3) is 0 Å². The minimum atomic E-state index is -0.221. The van der Waals surface area contributed by atoms with E-state index in [1.165, 1.54) is 0 Å². The number of carbonyl (C=O) groups excluding carboxylic acids is 1. The van der Waals surface area contributed by atoms with Gasteiger partial charge in [0.1, 0.15) is 0 Å². The standard InChI is InChI=1S/C10H18O3/c1-4-10(6-7-10)8(3)9(11)13-12-5-2/h8H,4-7H2,1-3H3. The molecular formula is C10H18O3. The van der Waals surface area contributed by atoms with Crippen molar-refractivity contribution in [3.05, 3.63) is 0 Å². The molecule has 0 aromatic carbocycles. The second kappa shape index (κ2) is 4.09. The van der Waals surface area contributed by atoms with Crippen LogP contribution in [0.15, 0.2) is 0 Å². The molecule has 1 aliphatic carbocycles. The highest BCUT2D eigenvalue weighted by Gasteiger charge is 2.49. The Morgan fingerprint density at radius 3 is 2.46 bits per heavy atom. The zero-order valence-corrected chi connectivity index (χ0v) is 8.63. The van der Waals surface area contributed by atoms with Crippen LogP contribution in [-0.2, 0) is 14.6 Å². The summed E-state index contributed by atoms with van der Waals surface area (Å²) in [4.78, 5) is 20.7. The van der Waals surface area contributed by atoms with Gasteiger partial charge in [-0.25, -0.2) is 4.79 Å². The summed E-state index contributed by atoms with van der Waals surface area (Å²) in [5, 5.41) is 0. The molecule has 3 heteroatoms. The van der Waals surface area contributed by atoms with Crippen molar-refractivity contribution in [2.75, 3.05) is 6.61 Å². The van der Waals surface area contributed by atoms with Crippen LogP contribution in [0, 0.1) is 11.3 Å². The highest BCUT2D eigenvalue weighted by Crippen LogP contribution is 2.54. The van der Waals surface area contributed by atoms with E-state index in [-0.39, 0.29) is 17.3 Å². The molecule has 0 saturated heterocycles. The van der Waals surface area contributed by atoms with Gasteiger partial charge in [-0.2, -0.15) is 4.89 Å². The first kappa shape index (κ1) is 10.5. The lowest BCUT2D eigenvalue weighted by Gasteiger charge is -2.18. The molecule has 13 heavy (non-hydrogen) atoms. The van der Waals surface area contributed by atoms with Crippen molar-refractivity contribution < 1.29 is 14.6 Å². The van der Waals surface area contributed by atoms with Gasteiger partial charge in [-0.1, -0.05) is 13.8 Å². The lowest BCUT2D eigenvalue weighted by molar-refractivity contribution is -0.274. The summed E-state index contributed by atoms with van der Waals surface area (Å²) in [6, 6.07) is 0. The monoisotopic (exact) mass is 186 g/mol. The number of hydrogen-bond acceptors (Lipinski definition) is 3. The largest absolute Gasteiger partial charge is 0.345 e. The summed E-state index contributed by atoms with van der Waals surface area (Å²) < 4.78 is 0. The Balaban J connectivity index is 2.38. The van der Waals surface area contributed by atoms with Crippen molar-refractivity contribution in [3.8, 4) is 0 Å². The summed E-state index contributed by atoms with van der Waals surface area (Å²) in [5.41, 5.74) is 0.216. The molecule has 1 unspecified atom stereocenters. The van der Waals surface area contributed by atoms with Crippen LogP contribution in [-0.4, -0.2) is 12.6 Å². The van der Waals surface area contributed by atoms with E-state index in [0.29, 0.717) is 6.61 Å². The van der Waals surface area contributed by atoms with Gasteiger partial charge in [-0.05, 0) is 31.6 Å². The molecule has 1 aliphatic rings. The predicted octanol–water partition coefficient (Wildman–Crippen LogP) is 2.31. The Hall–Kier alpha value is -0.570. The van der Waals surface area contributed by atoms with Crippen molar-refractivity contribution in [2.45, 2.75) is 40.0 Å². The van der Waals surface area contributed by atoms with Crippen LogP contribution < -0.4 is 0 Å². The SMILES string of the molecule is CCOOC(=O)C(C)C1(CC)CC1. The van der Waals surface area contributed by atoms with Crippen LogP contribution in [0.5, 0.6) is 0 Å². The zero-order chi connectivity index (χ0) is 9.90. The lowest BCUT2D eigenvalue weighted by Crippen LogP contribution is -2.24. The molecule has 1 fully saturated rings. The molecule has 76 valence electrons. The maximum atomic E-state index is 11.4. The molecule has 1 rings (SSSR count). The fraction of sp³-hybridized carbons (Fsp3) is 0.900. The van der Waals surface area contributed by atoms with Crippen molar-refractivity contribution in [1.29, 1.82) is 0 Å². The molecule has 0 aromatic rings. The average Bonchev–Trinajstić information content (AvgIpc) is 2.93. The normalized spacial score (nSPS) is 20.8. The van der Waals surface area contributed by atoms with Crippen LogP contribution in [0.2, 0.25) is 0 Å².